The van der Waals surface area contributed by atoms with Gasteiger partial charge in [-0.1, -0.05) is 13.8 Å². The Balaban J connectivity index is 0.000000720. The molecule has 2 aliphatic carbocycles. The van der Waals surface area contributed by atoms with Crippen molar-refractivity contribution in [2.24, 2.45) is 22.5 Å². The zero-order valence-electron chi connectivity index (χ0n) is 8.10. The van der Waals surface area contributed by atoms with Crippen LogP contribution in [0.1, 0.15) is 39.5 Å². The second-order valence-corrected chi connectivity index (χ2v) is 5.53. The van der Waals surface area contributed by atoms with Crippen LogP contribution >= 0.6 is 12.4 Å². The van der Waals surface area contributed by atoms with Crippen molar-refractivity contribution >= 4 is 12.4 Å². The molecule has 2 N–H and O–H groups in total. The highest BCUT2D eigenvalue weighted by molar-refractivity contribution is 5.85. The minimum atomic E-state index is 0. The normalized spacial score (nSPS) is 30.2. The van der Waals surface area contributed by atoms with E-state index in [1.165, 1.54) is 25.7 Å². The van der Waals surface area contributed by atoms with Gasteiger partial charge in [0.2, 0.25) is 0 Å². The molecule has 72 valence electrons. The summed E-state index contributed by atoms with van der Waals surface area (Å²) in [7, 11) is 0. The van der Waals surface area contributed by atoms with E-state index < -0.39 is 0 Å². The number of hydrogen-bond acceptors (Lipinski definition) is 1. The Labute approximate surface area is 81.5 Å². The fourth-order valence-electron chi connectivity index (χ4n) is 3.60. The van der Waals surface area contributed by atoms with Crippen molar-refractivity contribution in [2.75, 3.05) is 6.54 Å². The molecule has 0 unspecified atom stereocenters. The van der Waals surface area contributed by atoms with Gasteiger partial charge in [0, 0.05) is 0 Å². The van der Waals surface area contributed by atoms with Crippen LogP contribution < -0.4 is 5.73 Å². The molecule has 0 aromatic heterocycles. The van der Waals surface area contributed by atoms with Crippen LogP contribution in [0.5, 0.6) is 0 Å². The van der Waals surface area contributed by atoms with Crippen molar-refractivity contribution in [2.45, 2.75) is 39.5 Å². The molecular weight excluding hydrogens is 170 g/mol. The standard InChI is InChI=1S/C10H19N.ClH/c1-9(2)6-10(7-9)3-8(4-10)5-11;/h8H,3-7,11H2,1-2H3;1H. The maximum atomic E-state index is 5.60. The first kappa shape index (κ1) is 10.3. The average molecular weight is 190 g/mol. The van der Waals surface area contributed by atoms with Crippen LogP contribution in [-0.2, 0) is 0 Å². The summed E-state index contributed by atoms with van der Waals surface area (Å²) >= 11 is 0. The Morgan fingerprint density at radius 3 is 2.08 bits per heavy atom. The van der Waals surface area contributed by atoms with Crippen molar-refractivity contribution < 1.29 is 0 Å². The SMILES string of the molecule is CC1(C)CC2(CC(CN)C2)C1.Cl. The molecule has 12 heavy (non-hydrogen) atoms. The Morgan fingerprint density at radius 2 is 1.75 bits per heavy atom. The number of halogens is 1. The summed E-state index contributed by atoms with van der Waals surface area (Å²) in [5.41, 5.74) is 7.03. The van der Waals surface area contributed by atoms with Crippen LogP contribution in [0.3, 0.4) is 0 Å². The van der Waals surface area contributed by atoms with E-state index in [0.717, 1.165) is 17.9 Å². The zero-order valence-corrected chi connectivity index (χ0v) is 8.91. The molecule has 0 aromatic carbocycles. The zero-order chi connectivity index (χ0) is 8.11. The lowest BCUT2D eigenvalue weighted by molar-refractivity contribution is -0.107. The van der Waals surface area contributed by atoms with Crippen LogP contribution in [0.2, 0.25) is 0 Å². The van der Waals surface area contributed by atoms with E-state index >= 15 is 0 Å². The third-order valence-electron chi connectivity index (χ3n) is 3.48. The maximum absolute atomic E-state index is 5.60. The van der Waals surface area contributed by atoms with E-state index in [4.69, 9.17) is 5.73 Å². The van der Waals surface area contributed by atoms with Gasteiger partial charge in [0.15, 0.2) is 0 Å². The summed E-state index contributed by atoms with van der Waals surface area (Å²) in [5.74, 6) is 0.867. The average Bonchev–Trinajstić information content (AvgIpc) is 1.75. The summed E-state index contributed by atoms with van der Waals surface area (Å²) in [5, 5.41) is 0. The lowest BCUT2D eigenvalue weighted by Crippen LogP contribution is -2.52. The van der Waals surface area contributed by atoms with Crippen LogP contribution in [0, 0.1) is 16.7 Å². The summed E-state index contributed by atoms with van der Waals surface area (Å²) in [6, 6.07) is 0. The molecule has 1 spiro atoms. The van der Waals surface area contributed by atoms with Gasteiger partial charge >= 0.3 is 0 Å². The number of hydrogen-bond donors (Lipinski definition) is 1. The molecule has 2 heteroatoms. The molecule has 0 bridgehead atoms. The first-order valence-electron chi connectivity index (χ1n) is 4.75. The minimum Gasteiger partial charge on any atom is -0.330 e. The molecule has 0 atom stereocenters. The van der Waals surface area contributed by atoms with Crippen molar-refractivity contribution in [3.63, 3.8) is 0 Å². The monoisotopic (exact) mass is 189 g/mol. The van der Waals surface area contributed by atoms with Gasteiger partial charge in [-0.3, -0.25) is 0 Å². The second-order valence-electron chi connectivity index (χ2n) is 5.53. The van der Waals surface area contributed by atoms with Crippen molar-refractivity contribution in [1.29, 1.82) is 0 Å². The lowest BCUT2D eigenvalue weighted by Gasteiger charge is -2.62. The first-order valence-corrected chi connectivity index (χ1v) is 4.75. The third kappa shape index (κ3) is 1.49. The molecular formula is C10H20ClN. The van der Waals surface area contributed by atoms with Gasteiger partial charge in [-0.15, -0.1) is 12.4 Å². The molecule has 2 fully saturated rings. The highest BCUT2D eigenvalue weighted by Gasteiger charge is 2.55. The van der Waals surface area contributed by atoms with Gasteiger partial charge in [-0.25, -0.2) is 0 Å². The summed E-state index contributed by atoms with van der Waals surface area (Å²) in [6.07, 6.45) is 5.76. The summed E-state index contributed by atoms with van der Waals surface area (Å²) in [4.78, 5) is 0. The Morgan fingerprint density at radius 1 is 1.25 bits per heavy atom. The topological polar surface area (TPSA) is 26.0 Å². The third-order valence-corrected chi connectivity index (χ3v) is 3.48. The minimum absolute atomic E-state index is 0. The number of rotatable bonds is 1. The highest BCUT2D eigenvalue weighted by Crippen LogP contribution is 2.65. The van der Waals surface area contributed by atoms with E-state index in [1.807, 2.05) is 0 Å². The molecule has 0 aliphatic heterocycles. The molecule has 0 heterocycles. The lowest BCUT2D eigenvalue weighted by atomic mass is 9.44. The van der Waals surface area contributed by atoms with Crippen LogP contribution in [0.15, 0.2) is 0 Å². The van der Waals surface area contributed by atoms with Gasteiger partial charge in [0.05, 0.1) is 0 Å². The van der Waals surface area contributed by atoms with E-state index in [0.29, 0.717) is 5.41 Å². The van der Waals surface area contributed by atoms with Gasteiger partial charge < -0.3 is 5.73 Å². The smallest absolute Gasteiger partial charge is 0.00485 e. The molecule has 2 rings (SSSR count). The van der Waals surface area contributed by atoms with Crippen LogP contribution in [0.25, 0.3) is 0 Å². The van der Waals surface area contributed by atoms with E-state index in [-0.39, 0.29) is 12.4 Å². The Bertz CT molecular complexity index is 161. The van der Waals surface area contributed by atoms with Crippen LogP contribution in [0.4, 0.5) is 0 Å². The summed E-state index contributed by atoms with van der Waals surface area (Å²) in [6.45, 7) is 5.68. The summed E-state index contributed by atoms with van der Waals surface area (Å²) < 4.78 is 0. The Kier molecular flexibility index (Phi) is 2.48. The van der Waals surface area contributed by atoms with E-state index in [2.05, 4.69) is 13.8 Å². The predicted octanol–water partition coefficient (Wildman–Crippen LogP) is 2.58. The van der Waals surface area contributed by atoms with Gasteiger partial charge in [0.1, 0.15) is 0 Å². The van der Waals surface area contributed by atoms with Crippen LogP contribution in [-0.4, -0.2) is 6.54 Å². The molecule has 0 amide bonds. The second kappa shape index (κ2) is 2.88. The fourth-order valence-corrected chi connectivity index (χ4v) is 3.60. The largest absolute Gasteiger partial charge is 0.330 e. The van der Waals surface area contributed by atoms with Crippen molar-refractivity contribution in [1.82, 2.24) is 0 Å². The highest BCUT2D eigenvalue weighted by atomic mass is 35.5. The first-order chi connectivity index (χ1) is 5.05. The van der Waals surface area contributed by atoms with Crippen molar-refractivity contribution in [3.05, 3.63) is 0 Å². The molecule has 0 radical (unpaired) electrons. The molecule has 1 nitrogen and oxygen atoms in total. The molecule has 2 saturated carbocycles. The van der Waals surface area contributed by atoms with E-state index in [9.17, 15) is 0 Å². The molecule has 2 aliphatic rings. The van der Waals surface area contributed by atoms with Gasteiger partial charge in [-0.05, 0) is 49.0 Å². The number of nitrogens with two attached hydrogens (primary N) is 1. The van der Waals surface area contributed by atoms with Crippen molar-refractivity contribution in [3.8, 4) is 0 Å². The quantitative estimate of drug-likeness (QED) is 0.675. The van der Waals surface area contributed by atoms with Gasteiger partial charge in [0.25, 0.3) is 0 Å². The fraction of sp³-hybridized carbons (Fsp3) is 1.00. The Hall–Kier alpha value is 0.250. The maximum Gasteiger partial charge on any atom is -0.00485 e. The molecule has 0 aromatic rings. The van der Waals surface area contributed by atoms with E-state index in [1.54, 1.807) is 0 Å². The van der Waals surface area contributed by atoms with Gasteiger partial charge in [-0.2, -0.15) is 0 Å². The predicted molar refractivity (Wildman–Crippen MR) is 54.5 cm³/mol. The molecule has 0 saturated heterocycles.